The zero-order chi connectivity index (χ0) is 20.9. The SMILES string of the molecule is Cn1c(=O)c2c(nc3n2CC(C(C)(C)C)=NN3CCN2CCOCC2)n(C)c1=O. The molecular weight excluding hydrogens is 374 g/mol. The average Bonchev–Trinajstić information content (AvgIpc) is 3.09. The zero-order valence-corrected chi connectivity index (χ0v) is 17.8. The van der Waals surface area contributed by atoms with Crippen LogP contribution in [0.4, 0.5) is 5.95 Å². The first-order chi connectivity index (χ1) is 13.7. The molecule has 29 heavy (non-hydrogen) atoms. The minimum Gasteiger partial charge on any atom is -0.379 e. The van der Waals surface area contributed by atoms with Crippen molar-refractivity contribution >= 4 is 22.8 Å². The molecule has 0 N–H and O–H groups in total. The lowest BCUT2D eigenvalue weighted by Gasteiger charge is -2.33. The lowest BCUT2D eigenvalue weighted by atomic mass is 9.89. The average molecular weight is 403 g/mol. The molecule has 4 heterocycles. The summed E-state index contributed by atoms with van der Waals surface area (Å²) in [5.74, 6) is 0.611. The number of imidazole rings is 1. The molecule has 2 aromatic heterocycles. The monoisotopic (exact) mass is 403 g/mol. The number of anilines is 1. The van der Waals surface area contributed by atoms with Gasteiger partial charge in [-0.3, -0.25) is 23.4 Å². The van der Waals surface area contributed by atoms with Gasteiger partial charge in [0.15, 0.2) is 11.2 Å². The third-order valence-electron chi connectivity index (χ3n) is 5.71. The lowest BCUT2D eigenvalue weighted by Crippen LogP contribution is -2.43. The van der Waals surface area contributed by atoms with E-state index < -0.39 is 0 Å². The third kappa shape index (κ3) is 3.40. The second-order valence-electron chi connectivity index (χ2n) is 8.75. The summed E-state index contributed by atoms with van der Waals surface area (Å²) in [6.45, 7) is 11.6. The van der Waals surface area contributed by atoms with Crippen LogP contribution in [-0.4, -0.2) is 68.7 Å². The number of rotatable bonds is 3. The van der Waals surface area contributed by atoms with Gasteiger partial charge < -0.3 is 4.74 Å². The number of hydrogen-bond donors (Lipinski definition) is 0. The van der Waals surface area contributed by atoms with Crippen molar-refractivity contribution in [3.05, 3.63) is 20.8 Å². The van der Waals surface area contributed by atoms with Gasteiger partial charge in [0.05, 0.1) is 32.0 Å². The van der Waals surface area contributed by atoms with Crippen LogP contribution in [0.25, 0.3) is 11.2 Å². The molecule has 2 aliphatic rings. The Bertz CT molecular complexity index is 1080. The van der Waals surface area contributed by atoms with Gasteiger partial charge in [0.25, 0.3) is 5.56 Å². The molecule has 2 aromatic rings. The number of ether oxygens (including phenoxy) is 1. The van der Waals surface area contributed by atoms with Gasteiger partial charge in [0.2, 0.25) is 5.95 Å². The quantitative estimate of drug-likeness (QED) is 0.716. The summed E-state index contributed by atoms with van der Waals surface area (Å²) in [7, 11) is 3.15. The van der Waals surface area contributed by atoms with Gasteiger partial charge in [-0.15, -0.1) is 0 Å². The molecule has 1 saturated heterocycles. The summed E-state index contributed by atoms with van der Waals surface area (Å²) in [6, 6.07) is 0. The Morgan fingerprint density at radius 2 is 1.72 bits per heavy atom. The first-order valence-corrected chi connectivity index (χ1v) is 10.0. The van der Waals surface area contributed by atoms with E-state index in [1.54, 1.807) is 7.05 Å². The van der Waals surface area contributed by atoms with Crippen LogP contribution in [0.1, 0.15) is 20.8 Å². The topological polar surface area (TPSA) is 89.9 Å². The fraction of sp³-hybridized carbons (Fsp3) is 0.684. The Balaban J connectivity index is 1.80. The fourth-order valence-corrected chi connectivity index (χ4v) is 3.75. The van der Waals surface area contributed by atoms with Gasteiger partial charge in [-0.2, -0.15) is 10.1 Å². The van der Waals surface area contributed by atoms with E-state index in [9.17, 15) is 9.59 Å². The van der Waals surface area contributed by atoms with Crippen molar-refractivity contribution in [2.75, 3.05) is 44.4 Å². The summed E-state index contributed by atoms with van der Waals surface area (Å²) < 4.78 is 9.90. The summed E-state index contributed by atoms with van der Waals surface area (Å²) in [6.07, 6.45) is 0. The highest BCUT2D eigenvalue weighted by atomic mass is 16.5. The zero-order valence-electron chi connectivity index (χ0n) is 17.8. The van der Waals surface area contributed by atoms with E-state index in [1.165, 1.54) is 11.6 Å². The van der Waals surface area contributed by atoms with Crippen molar-refractivity contribution < 1.29 is 4.74 Å². The van der Waals surface area contributed by atoms with Gasteiger partial charge in [-0.05, 0) is 0 Å². The van der Waals surface area contributed by atoms with Gasteiger partial charge in [0.1, 0.15) is 0 Å². The second kappa shape index (κ2) is 7.10. The van der Waals surface area contributed by atoms with Crippen molar-refractivity contribution in [3.63, 3.8) is 0 Å². The van der Waals surface area contributed by atoms with Crippen molar-refractivity contribution in [1.29, 1.82) is 0 Å². The van der Waals surface area contributed by atoms with Crippen LogP contribution in [0.15, 0.2) is 14.7 Å². The number of morpholine rings is 1. The molecule has 0 unspecified atom stereocenters. The van der Waals surface area contributed by atoms with E-state index in [0.29, 0.717) is 30.2 Å². The van der Waals surface area contributed by atoms with Crippen LogP contribution in [-0.2, 0) is 25.4 Å². The van der Waals surface area contributed by atoms with Crippen LogP contribution >= 0.6 is 0 Å². The predicted molar refractivity (Wildman–Crippen MR) is 112 cm³/mol. The van der Waals surface area contributed by atoms with Gasteiger partial charge in [-0.1, -0.05) is 20.8 Å². The number of hydrazone groups is 1. The Hall–Kier alpha value is -2.46. The predicted octanol–water partition coefficient (Wildman–Crippen LogP) is -0.0120. The summed E-state index contributed by atoms with van der Waals surface area (Å²) in [4.78, 5) is 32.3. The highest BCUT2D eigenvalue weighted by molar-refractivity contribution is 5.93. The van der Waals surface area contributed by atoms with Crippen LogP contribution in [0, 0.1) is 5.41 Å². The number of fused-ring (bicyclic) bond motifs is 3. The molecule has 1 fully saturated rings. The molecule has 0 radical (unpaired) electrons. The fourth-order valence-electron chi connectivity index (χ4n) is 3.75. The Morgan fingerprint density at radius 3 is 2.38 bits per heavy atom. The minimum absolute atomic E-state index is 0.155. The van der Waals surface area contributed by atoms with E-state index in [4.69, 9.17) is 9.84 Å². The molecular formula is C19H29N7O3. The van der Waals surface area contributed by atoms with Crippen LogP contribution in [0.3, 0.4) is 0 Å². The van der Waals surface area contributed by atoms with E-state index in [2.05, 4.69) is 30.7 Å². The van der Waals surface area contributed by atoms with E-state index in [-0.39, 0.29) is 16.7 Å². The molecule has 2 aliphatic heterocycles. The molecule has 158 valence electrons. The van der Waals surface area contributed by atoms with Crippen molar-refractivity contribution in [3.8, 4) is 0 Å². The first kappa shape index (κ1) is 19.8. The van der Waals surface area contributed by atoms with E-state index >= 15 is 0 Å². The van der Waals surface area contributed by atoms with Crippen molar-refractivity contribution in [2.24, 2.45) is 24.6 Å². The molecule has 0 aromatic carbocycles. The van der Waals surface area contributed by atoms with Crippen LogP contribution in [0.5, 0.6) is 0 Å². The largest absolute Gasteiger partial charge is 0.379 e. The maximum Gasteiger partial charge on any atom is 0.332 e. The molecule has 0 spiro atoms. The highest BCUT2D eigenvalue weighted by Crippen LogP contribution is 2.28. The smallest absolute Gasteiger partial charge is 0.332 e. The number of aromatic nitrogens is 4. The summed E-state index contributed by atoms with van der Waals surface area (Å²) in [5.41, 5.74) is 0.951. The molecule has 0 bridgehead atoms. The standard InChI is InChI=1S/C19H29N7O3/c1-19(2,3)13-12-25-14-15(22(4)18(28)23(5)16(14)27)20-17(25)26(21-13)7-6-24-8-10-29-11-9-24/h6-12H2,1-5H3. The molecule has 10 nitrogen and oxygen atoms in total. The maximum absolute atomic E-state index is 12.9. The Morgan fingerprint density at radius 1 is 1.03 bits per heavy atom. The van der Waals surface area contributed by atoms with Gasteiger partial charge in [0, 0.05) is 39.1 Å². The normalized spacial score (nSPS) is 18.2. The Kier molecular flexibility index (Phi) is 4.86. The summed E-state index contributed by atoms with van der Waals surface area (Å²) in [5, 5.41) is 6.77. The lowest BCUT2D eigenvalue weighted by molar-refractivity contribution is 0.0391. The molecule has 0 aliphatic carbocycles. The number of aryl methyl sites for hydroxylation is 1. The van der Waals surface area contributed by atoms with Crippen LogP contribution in [0.2, 0.25) is 0 Å². The van der Waals surface area contributed by atoms with Crippen molar-refractivity contribution in [1.82, 2.24) is 23.6 Å². The number of nitrogens with zero attached hydrogens (tertiary/aromatic N) is 7. The first-order valence-electron chi connectivity index (χ1n) is 10.0. The van der Waals surface area contributed by atoms with Crippen LogP contribution < -0.4 is 16.3 Å². The molecule has 0 saturated carbocycles. The van der Waals surface area contributed by atoms with Gasteiger partial charge >= 0.3 is 5.69 Å². The van der Waals surface area contributed by atoms with E-state index in [1.807, 2.05) is 9.58 Å². The Labute approximate surface area is 169 Å². The molecule has 10 heteroatoms. The molecule has 4 rings (SSSR count). The third-order valence-corrected chi connectivity index (χ3v) is 5.71. The van der Waals surface area contributed by atoms with Crippen molar-refractivity contribution in [2.45, 2.75) is 27.3 Å². The van der Waals surface area contributed by atoms with Gasteiger partial charge in [-0.25, -0.2) is 9.80 Å². The maximum atomic E-state index is 12.9. The molecule has 0 atom stereocenters. The van der Waals surface area contributed by atoms with E-state index in [0.717, 1.165) is 43.1 Å². The molecule has 0 amide bonds. The summed E-state index contributed by atoms with van der Waals surface area (Å²) >= 11 is 0. The number of hydrogen-bond acceptors (Lipinski definition) is 7. The second-order valence-corrected chi connectivity index (χ2v) is 8.75. The highest BCUT2D eigenvalue weighted by Gasteiger charge is 2.31. The minimum atomic E-state index is -0.380.